The van der Waals surface area contributed by atoms with E-state index in [1.807, 2.05) is 0 Å². The Bertz CT molecular complexity index is 568. The van der Waals surface area contributed by atoms with Gasteiger partial charge in [-0.15, -0.1) is 0 Å². The number of aromatic nitrogens is 1. The van der Waals surface area contributed by atoms with E-state index in [0.717, 1.165) is 10.6 Å². The molecule has 1 heterocycles. The number of pyridine rings is 1. The molecule has 0 radical (unpaired) electrons. The third-order valence-electron chi connectivity index (χ3n) is 2.28. The van der Waals surface area contributed by atoms with Crippen LogP contribution in [0.3, 0.4) is 0 Å². The van der Waals surface area contributed by atoms with Crippen molar-refractivity contribution in [3.8, 4) is 0 Å². The number of esters is 1. The van der Waals surface area contributed by atoms with E-state index in [-0.39, 0.29) is 6.54 Å². The normalized spacial score (nSPS) is 11.2. The van der Waals surface area contributed by atoms with Gasteiger partial charge in [-0.05, 0) is 33.8 Å². The highest BCUT2D eigenvalue weighted by molar-refractivity contribution is 5.69. The second kappa shape index (κ2) is 5.21. The van der Waals surface area contributed by atoms with E-state index >= 15 is 0 Å². The average Bonchev–Trinajstić information content (AvgIpc) is 2.21. The Hall–Kier alpha value is -2.18. The number of nitro groups is 1. The first-order chi connectivity index (χ1) is 8.61. The molecule has 0 aliphatic rings. The summed E-state index contributed by atoms with van der Waals surface area (Å²) in [6.45, 7) is 6.36. The van der Waals surface area contributed by atoms with Crippen LogP contribution < -0.4 is 5.56 Å². The number of nitrogens with zero attached hydrogens (tertiary/aromatic N) is 2. The van der Waals surface area contributed by atoms with Gasteiger partial charge in [-0.3, -0.25) is 24.3 Å². The number of hydrogen-bond acceptors (Lipinski definition) is 5. The van der Waals surface area contributed by atoms with Gasteiger partial charge in [0, 0.05) is 11.8 Å². The van der Waals surface area contributed by atoms with E-state index in [0.29, 0.717) is 5.69 Å². The van der Waals surface area contributed by atoms with Crippen molar-refractivity contribution in [2.24, 2.45) is 0 Å². The zero-order chi connectivity index (χ0) is 14.8. The molecule has 0 unspecified atom stereocenters. The zero-order valence-corrected chi connectivity index (χ0v) is 11.3. The van der Waals surface area contributed by atoms with Gasteiger partial charge in [0.1, 0.15) is 12.1 Å². The summed E-state index contributed by atoms with van der Waals surface area (Å²) >= 11 is 0. The van der Waals surface area contributed by atoms with Crippen molar-refractivity contribution in [3.05, 3.63) is 38.3 Å². The van der Waals surface area contributed by atoms with Crippen LogP contribution >= 0.6 is 0 Å². The van der Waals surface area contributed by atoms with Gasteiger partial charge in [0.2, 0.25) is 0 Å². The first-order valence-electron chi connectivity index (χ1n) is 5.68. The van der Waals surface area contributed by atoms with Crippen molar-refractivity contribution in [2.45, 2.75) is 39.8 Å². The maximum atomic E-state index is 11.8. The van der Waals surface area contributed by atoms with Crippen LogP contribution in [0.4, 0.5) is 5.69 Å². The molecule has 19 heavy (non-hydrogen) atoms. The minimum Gasteiger partial charge on any atom is -0.459 e. The Morgan fingerprint density at radius 1 is 1.42 bits per heavy atom. The van der Waals surface area contributed by atoms with Gasteiger partial charge < -0.3 is 4.74 Å². The molecule has 0 saturated heterocycles. The molecular weight excluding hydrogens is 252 g/mol. The molecule has 0 amide bonds. The fourth-order valence-corrected chi connectivity index (χ4v) is 1.50. The van der Waals surface area contributed by atoms with Gasteiger partial charge in [0.05, 0.1) is 4.92 Å². The van der Waals surface area contributed by atoms with E-state index in [4.69, 9.17) is 4.74 Å². The lowest BCUT2D eigenvalue weighted by Gasteiger charge is -2.20. The molecule has 1 aromatic rings. The summed E-state index contributed by atoms with van der Waals surface area (Å²) < 4.78 is 6.12. The topological polar surface area (TPSA) is 91.4 Å². The molecule has 0 fully saturated rings. The van der Waals surface area contributed by atoms with Crippen LogP contribution in [0.1, 0.15) is 26.5 Å². The maximum Gasteiger partial charge on any atom is 0.334 e. The molecule has 0 N–H and O–H groups in total. The molecular formula is C12H16N2O5. The van der Waals surface area contributed by atoms with Crippen LogP contribution in [-0.4, -0.2) is 21.1 Å². The van der Waals surface area contributed by atoms with Crippen LogP contribution in [-0.2, 0) is 16.1 Å². The predicted molar refractivity (Wildman–Crippen MR) is 67.9 cm³/mol. The minimum absolute atomic E-state index is 0.344. The molecule has 1 aromatic heterocycles. The third-order valence-corrected chi connectivity index (χ3v) is 2.28. The van der Waals surface area contributed by atoms with Crippen LogP contribution in [0, 0.1) is 17.0 Å². The standard InChI is InChI=1S/C12H16N2O5/c1-8-5-6-9(14(17)18)11(16)13(8)7-10(15)19-12(2,3)4/h5-6H,7H2,1-4H3. The Morgan fingerprint density at radius 3 is 2.47 bits per heavy atom. The monoisotopic (exact) mass is 268 g/mol. The van der Waals surface area contributed by atoms with Gasteiger partial charge in [0.15, 0.2) is 0 Å². The van der Waals surface area contributed by atoms with E-state index < -0.39 is 27.7 Å². The lowest BCUT2D eigenvalue weighted by Crippen LogP contribution is -2.32. The summed E-state index contributed by atoms with van der Waals surface area (Å²) in [6, 6.07) is 2.55. The number of carbonyl (C=O) groups is 1. The minimum atomic E-state index is -0.809. The Balaban J connectivity index is 3.08. The average molecular weight is 268 g/mol. The molecule has 0 aliphatic heterocycles. The van der Waals surface area contributed by atoms with Crippen molar-refractivity contribution >= 4 is 11.7 Å². The maximum absolute atomic E-state index is 11.8. The van der Waals surface area contributed by atoms with Crippen molar-refractivity contribution in [1.82, 2.24) is 4.57 Å². The summed E-state index contributed by atoms with van der Waals surface area (Å²) in [6.07, 6.45) is 0. The summed E-state index contributed by atoms with van der Waals surface area (Å²) in [5.74, 6) is -0.613. The van der Waals surface area contributed by atoms with Crippen LogP contribution in [0.25, 0.3) is 0 Å². The lowest BCUT2D eigenvalue weighted by molar-refractivity contribution is -0.386. The van der Waals surface area contributed by atoms with Crippen molar-refractivity contribution < 1.29 is 14.5 Å². The van der Waals surface area contributed by atoms with E-state index in [9.17, 15) is 19.7 Å². The van der Waals surface area contributed by atoms with E-state index in [1.165, 1.54) is 6.07 Å². The Labute approximate surface area is 110 Å². The number of hydrogen-bond donors (Lipinski definition) is 0. The molecule has 0 spiro atoms. The van der Waals surface area contributed by atoms with Gasteiger partial charge in [-0.2, -0.15) is 0 Å². The molecule has 0 atom stereocenters. The number of carbonyl (C=O) groups excluding carboxylic acids is 1. The molecule has 0 aliphatic carbocycles. The first-order valence-corrected chi connectivity index (χ1v) is 5.68. The summed E-state index contributed by atoms with van der Waals surface area (Å²) in [4.78, 5) is 33.4. The fourth-order valence-electron chi connectivity index (χ4n) is 1.50. The molecule has 104 valence electrons. The molecule has 0 bridgehead atoms. The van der Waals surface area contributed by atoms with E-state index in [2.05, 4.69) is 0 Å². The largest absolute Gasteiger partial charge is 0.459 e. The highest BCUT2D eigenvalue weighted by Gasteiger charge is 2.20. The Morgan fingerprint density at radius 2 is 2.00 bits per heavy atom. The van der Waals surface area contributed by atoms with Gasteiger partial charge in [0.25, 0.3) is 0 Å². The first kappa shape index (κ1) is 14.9. The quantitative estimate of drug-likeness (QED) is 0.469. The van der Waals surface area contributed by atoms with Gasteiger partial charge >= 0.3 is 17.2 Å². The highest BCUT2D eigenvalue weighted by atomic mass is 16.6. The molecule has 0 aromatic carbocycles. The number of aryl methyl sites for hydroxylation is 1. The summed E-state index contributed by atoms with van der Waals surface area (Å²) in [5.41, 5.74) is -1.58. The van der Waals surface area contributed by atoms with E-state index in [1.54, 1.807) is 27.7 Å². The summed E-state index contributed by atoms with van der Waals surface area (Å²) in [7, 11) is 0. The molecule has 7 heteroatoms. The van der Waals surface area contributed by atoms with Crippen LogP contribution in [0.15, 0.2) is 16.9 Å². The van der Waals surface area contributed by atoms with Crippen LogP contribution in [0.2, 0.25) is 0 Å². The second-order valence-electron chi connectivity index (χ2n) is 5.09. The van der Waals surface area contributed by atoms with Crippen molar-refractivity contribution in [2.75, 3.05) is 0 Å². The number of ether oxygens (including phenoxy) is 1. The van der Waals surface area contributed by atoms with Crippen LogP contribution in [0.5, 0.6) is 0 Å². The van der Waals surface area contributed by atoms with Crippen molar-refractivity contribution in [1.29, 1.82) is 0 Å². The SMILES string of the molecule is Cc1ccc([N+](=O)[O-])c(=O)n1CC(=O)OC(C)(C)C. The summed E-state index contributed by atoms with van der Waals surface area (Å²) in [5, 5.41) is 10.7. The zero-order valence-electron chi connectivity index (χ0n) is 11.3. The predicted octanol–water partition coefficient (Wildman–Crippen LogP) is 1.41. The lowest BCUT2D eigenvalue weighted by atomic mass is 10.2. The molecule has 7 nitrogen and oxygen atoms in total. The van der Waals surface area contributed by atoms with Crippen molar-refractivity contribution in [3.63, 3.8) is 0 Å². The number of rotatable bonds is 3. The van der Waals surface area contributed by atoms with Gasteiger partial charge in [-0.1, -0.05) is 0 Å². The fraction of sp³-hybridized carbons (Fsp3) is 0.500. The highest BCUT2D eigenvalue weighted by Crippen LogP contribution is 2.09. The second-order valence-corrected chi connectivity index (χ2v) is 5.09. The molecule has 1 rings (SSSR count). The Kier molecular flexibility index (Phi) is 4.08. The third kappa shape index (κ3) is 3.90. The molecule has 0 saturated carbocycles. The van der Waals surface area contributed by atoms with Gasteiger partial charge in [-0.25, -0.2) is 0 Å². The smallest absolute Gasteiger partial charge is 0.334 e.